The molecule has 308 valence electrons. The number of hydrogen-bond acceptors (Lipinski definition) is 12. The third-order valence-corrected chi connectivity index (χ3v) is 11.5. The Bertz CT molecular complexity index is 2170. The van der Waals surface area contributed by atoms with Crippen LogP contribution in [0.3, 0.4) is 0 Å². The van der Waals surface area contributed by atoms with Gasteiger partial charge in [-0.2, -0.15) is 0 Å². The molecule has 3 saturated heterocycles. The molecule has 0 radical (unpaired) electrons. The lowest BCUT2D eigenvalue weighted by Crippen LogP contribution is -2.54. The van der Waals surface area contributed by atoms with Gasteiger partial charge in [0.05, 0.1) is 35.2 Å². The first kappa shape index (κ1) is 39.7. The number of benzene rings is 2. The van der Waals surface area contributed by atoms with Gasteiger partial charge in [-0.15, -0.1) is 0 Å². The van der Waals surface area contributed by atoms with Crippen LogP contribution in [0.25, 0.3) is 5.70 Å². The van der Waals surface area contributed by atoms with E-state index in [2.05, 4.69) is 31.1 Å². The topological polar surface area (TPSA) is 175 Å². The zero-order valence-electron chi connectivity index (χ0n) is 32.8. The average molecular weight is 805 g/mol. The molecule has 4 amide bonds. The molecule has 0 spiro atoms. The number of amidine groups is 1. The van der Waals surface area contributed by atoms with E-state index in [-0.39, 0.29) is 42.0 Å². The van der Waals surface area contributed by atoms with Crippen molar-refractivity contribution in [1.82, 2.24) is 35.6 Å². The molecular weight excluding hydrogens is 756 g/mol. The molecule has 5 aliphatic heterocycles. The summed E-state index contributed by atoms with van der Waals surface area (Å²) < 4.78 is 19.8. The highest BCUT2D eigenvalue weighted by Crippen LogP contribution is 2.33. The van der Waals surface area contributed by atoms with E-state index in [1.807, 2.05) is 41.4 Å². The van der Waals surface area contributed by atoms with Crippen LogP contribution in [0.5, 0.6) is 0 Å². The van der Waals surface area contributed by atoms with Crippen molar-refractivity contribution in [3.05, 3.63) is 107 Å². The first-order valence-corrected chi connectivity index (χ1v) is 20.4. The van der Waals surface area contributed by atoms with E-state index in [1.165, 1.54) is 6.07 Å². The average Bonchev–Trinajstić information content (AvgIpc) is 3.99. The number of nitrogens with zero attached hydrogens (tertiary/aromatic N) is 5. The van der Waals surface area contributed by atoms with Crippen molar-refractivity contribution < 1.29 is 28.3 Å². The molecule has 59 heavy (non-hydrogen) atoms. The molecule has 3 unspecified atom stereocenters. The zero-order valence-corrected chi connectivity index (χ0v) is 32.8. The van der Waals surface area contributed by atoms with E-state index in [0.29, 0.717) is 31.3 Å². The number of halogens is 1. The van der Waals surface area contributed by atoms with Gasteiger partial charge in [-0.1, -0.05) is 18.2 Å². The van der Waals surface area contributed by atoms with E-state index in [1.54, 1.807) is 36.4 Å². The van der Waals surface area contributed by atoms with Gasteiger partial charge in [0.2, 0.25) is 11.8 Å². The van der Waals surface area contributed by atoms with Crippen LogP contribution < -0.4 is 26.2 Å². The summed E-state index contributed by atoms with van der Waals surface area (Å²) in [4.78, 5) is 62.6. The van der Waals surface area contributed by atoms with E-state index in [4.69, 9.17) is 15.1 Å². The SMILES string of the molecule is N=C(/C=C\C1NC=C(c2cccc(N3CCN(CCOCCCNc4ccc5c(c4)C(=O)N(C4CCC(=O)NC4=O)C5=O)CC3)n2)N1)N1CCCC1c1cccc(F)c1. The number of anilines is 2. The number of imide groups is 2. The number of pyridine rings is 1. The third-order valence-electron chi connectivity index (χ3n) is 11.5. The number of piperidine rings is 1. The standard InChI is InChI=1S/C43H49FN10O5/c44-29-6-1-5-28(25-29)35-8-3-17-53(35)37(45)13-14-38-47-27-34(48-38)33-7-2-9-39(49-33)52-20-18-51(19-21-52)22-24-59-23-4-16-46-30-10-11-31-32(26-30)43(58)54(42(31)57)36-12-15-40(55)50-41(36)56/h1-2,5-7,9-11,13-14,25-27,35-36,38,45-48H,3-4,8,12,15-24H2,(H,50,55,56)/b14-13-,45-37?. The largest absolute Gasteiger partial charge is 0.385 e. The van der Waals surface area contributed by atoms with Crippen LogP contribution in [0.4, 0.5) is 15.9 Å². The fraction of sp³-hybridized carbons (Fsp3) is 0.395. The Labute approximate surface area is 342 Å². The van der Waals surface area contributed by atoms with E-state index in [9.17, 15) is 23.6 Å². The summed E-state index contributed by atoms with van der Waals surface area (Å²) in [7, 11) is 0. The summed E-state index contributed by atoms with van der Waals surface area (Å²) in [5, 5.41) is 21.0. The Hall–Kier alpha value is -6.13. The summed E-state index contributed by atoms with van der Waals surface area (Å²) in [5.41, 5.74) is 3.83. The van der Waals surface area contributed by atoms with Crippen molar-refractivity contribution in [2.24, 2.45) is 0 Å². The minimum atomic E-state index is -0.985. The maximum absolute atomic E-state index is 13.9. The van der Waals surface area contributed by atoms with Gasteiger partial charge in [0.1, 0.15) is 29.7 Å². The summed E-state index contributed by atoms with van der Waals surface area (Å²) in [5.74, 6) is -0.988. The van der Waals surface area contributed by atoms with Crippen molar-refractivity contribution in [2.45, 2.75) is 50.4 Å². The maximum atomic E-state index is 13.9. The number of carbonyl (C=O) groups is 4. The van der Waals surface area contributed by atoms with Gasteiger partial charge >= 0.3 is 0 Å². The van der Waals surface area contributed by atoms with Crippen LogP contribution in [0.15, 0.2) is 79.0 Å². The summed E-state index contributed by atoms with van der Waals surface area (Å²) in [6.45, 7) is 6.91. The lowest BCUT2D eigenvalue weighted by Gasteiger charge is -2.35. The molecule has 5 N–H and O–H groups in total. The number of hydrogen-bond donors (Lipinski definition) is 5. The molecule has 2 aromatic carbocycles. The van der Waals surface area contributed by atoms with E-state index in [0.717, 1.165) is 86.2 Å². The summed E-state index contributed by atoms with van der Waals surface area (Å²) in [6.07, 6.45) is 8.29. The predicted molar refractivity (Wildman–Crippen MR) is 220 cm³/mol. The number of rotatable bonds is 14. The van der Waals surface area contributed by atoms with Gasteiger partial charge < -0.3 is 30.5 Å². The Kier molecular flexibility index (Phi) is 12.0. The number of piperazine rings is 1. The smallest absolute Gasteiger partial charge is 0.262 e. The van der Waals surface area contributed by atoms with Crippen molar-refractivity contribution in [3.8, 4) is 0 Å². The quantitative estimate of drug-likeness (QED) is 0.0697. The second-order valence-electron chi connectivity index (χ2n) is 15.3. The van der Waals surface area contributed by atoms with Crippen molar-refractivity contribution in [2.75, 3.05) is 69.2 Å². The van der Waals surface area contributed by atoms with Crippen molar-refractivity contribution in [3.63, 3.8) is 0 Å². The minimum Gasteiger partial charge on any atom is -0.385 e. The molecule has 1 aromatic heterocycles. The van der Waals surface area contributed by atoms with Crippen LogP contribution in [-0.2, 0) is 14.3 Å². The Morgan fingerprint density at radius 2 is 1.76 bits per heavy atom. The zero-order chi connectivity index (χ0) is 40.9. The lowest BCUT2D eigenvalue weighted by molar-refractivity contribution is -0.136. The second-order valence-corrected chi connectivity index (χ2v) is 15.3. The van der Waals surface area contributed by atoms with Gasteiger partial charge in [-0.25, -0.2) is 9.37 Å². The number of nitrogens with one attached hydrogen (secondary N) is 5. The normalized spacial score (nSPS) is 22.1. The van der Waals surface area contributed by atoms with Gasteiger partial charge in [0.25, 0.3) is 11.8 Å². The van der Waals surface area contributed by atoms with Gasteiger partial charge in [0.15, 0.2) is 0 Å². The highest BCUT2D eigenvalue weighted by atomic mass is 19.1. The van der Waals surface area contributed by atoms with Crippen LogP contribution in [-0.4, -0.2) is 120 Å². The number of amides is 4. The van der Waals surface area contributed by atoms with E-state index >= 15 is 0 Å². The number of aromatic nitrogens is 1. The Morgan fingerprint density at radius 1 is 0.932 bits per heavy atom. The molecule has 3 atom stereocenters. The lowest BCUT2D eigenvalue weighted by atomic mass is 10.0. The fourth-order valence-corrected chi connectivity index (χ4v) is 8.31. The van der Waals surface area contributed by atoms with E-state index < -0.39 is 29.7 Å². The Morgan fingerprint density at radius 3 is 2.59 bits per heavy atom. The highest BCUT2D eigenvalue weighted by Gasteiger charge is 2.44. The molecule has 5 aliphatic rings. The number of fused-ring (bicyclic) bond motifs is 1. The number of likely N-dealkylation sites (tertiary alicyclic amines) is 1. The molecule has 16 heteroatoms. The third kappa shape index (κ3) is 8.98. The molecule has 0 bridgehead atoms. The van der Waals surface area contributed by atoms with Gasteiger partial charge in [0, 0.05) is 70.7 Å². The monoisotopic (exact) mass is 804 g/mol. The first-order chi connectivity index (χ1) is 28.7. The molecule has 8 rings (SSSR count). The minimum absolute atomic E-state index is 0.00352. The molecule has 6 heterocycles. The molecule has 15 nitrogen and oxygen atoms in total. The molecule has 0 saturated carbocycles. The summed E-state index contributed by atoms with van der Waals surface area (Å²) in [6, 6.07) is 16.7. The Balaban J connectivity index is 0.720. The maximum Gasteiger partial charge on any atom is 0.262 e. The number of carbonyl (C=O) groups excluding carboxylic acids is 4. The van der Waals surface area contributed by atoms with Gasteiger partial charge in [-0.05, 0) is 85.9 Å². The molecule has 3 fully saturated rings. The number of ether oxygens (including phenoxy) is 1. The predicted octanol–water partition coefficient (Wildman–Crippen LogP) is 3.45. The second kappa shape index (κ2) is 17.8. The molecule has 3 aromatic rings. The molecule has 0 aliphatic carbocycles. The van der Waals surface area contributed by atoms with Crippen LogP contribution in [0.1, 0.15) is 70.1 Å². The van der Waals surface area contributed by atoms with Crippen LogP contribution in [0.2, 0.25) is 0 Å². The molecular formula is C43H49FN10O5. The fourth-order valence-electron chi connectivity index (χ4n) is 8.31. The first-order valence-electron chi connectivity index (χ1n) is 20.4. The van der Waals surface area contributed by atoms with Crippen molar-refractivity contribution in [1.29, 1.82) is 5.41 Å². The summed E-state index contributed by atoms with van der Waals surface area (Å²) >= 11 is 0. The highest BCUT2D eigenvalue weighted by molar-refractivity contribution is 6.23. The van der Waals surface area contributed by atoms with Gasteiger partial charge in [-0.3, -0.25) is 39.7 Å². The van der Waals surface area contributed by atoms with Crippen LogP contribution >= 0.6 is 0 Å². The van der Waals surface area contributed by atoms with Crippen molar-refractivity contribution >= 4 is 46.7 Å². The van der Waals surface area contributed by atoms with Crippen LogP contribution in [0, 0.1) is 11.2 Å².